The van der Waals surface area contributed by atoms with Gasteiger partial charge in [0.05, 0.1) is 13.2 Å². The van der Waals surface area contributed by atoms with E-state index >= 15 is 0 Å². The molecule has 0 aliphatic carbocycles. The van der Waals surface area contributed by atoms with Crippen LogP contribution < -0.4 is 5.32 Å². The van der Waals surface area contributed by atoms with Gasteiger partial charge in [0.25, 0.3) is 5.91 Å². The largest absolute Gasteiger partial charge is 0.379 e. The average molecular weight is 299 g/mol. The zero-order valence-electron chi connectivity index (χ0n) is 12.2. The minimum absolute atomic E-state index is 0.0497. The molecule has 4 nitrogen and oxygen atoms in total. The summed E-state index contributed by atoms with van der Waals surface area (Å²) in [5, 5.41) is 3.16. The van der Waals surface area contributed by atoms with Gasteiger partial charge in [0.15, 0.2) is 0 Å². The summed E-state index contributed by atoms with van der Waals surface area (Å²) in [6.07, 6.45) is 0. The lowest BCUT2D eigenvalue weighted by atomic mass is 10.1. The Morgan fingerprint density at radius 1 is 1.30 bits per heavy atom. The lowest BCUT2D eigenvalue weighted by Gasteiger charge is -2.14. The number of ether oxygens (including phenoxy) is 1. The van der Waals surface area contributed by atoms with E-state index in [2.05, 4.69) is 5.32 Å². The smallest absolute Gasteiger partial charge is 0.253 e. The molecule has 0 atom stereocenters. The maximum Gasteiger partial charge on any atom is 0.253 e. The van der Waals surface area contributed by atoms with Crippen molar-refractivity contribution < 1.29 is 9.53 Å². The number of nitrogens with zero attached hydrogens (tertiary/aromatic N) is 1. The predicted octanol–water partition coefficient (Wildman–Crippen LogP) is 2.12. The first-order valence-corrected chi connectivity index (χ1v) is 7.41. The number of carbonyl (C=O) groups excluding carboxylic acids is 1. The van der Waals surface area contributed by atoms with Crippen LogP contribution in [0.25, 0.3) is 0 Å². The lowest BCUT2D eigenvalue weighted by Crippen LogP contribution is -2.30. The highest BCUT2D eigenvalue weighted by atomic mass is 35.5. The Morgan fingerprint density at radius 2 is 1.90 bits per heavy atom. The standard InChI is InChI=1S/C11H14ClNO.C4H9NO/c1-3-13(2)11(14)10-6-4-9(8-12)5-7-10;1-3-6-4-2-5-1/h4-7H,3,8H2,1-2H3;5H,1-4H2. The Morgan fingerprint density at radius 3 is 2.25 bits per heavy atom. The lowest BCUT2D eigenvalue weighted by molar-refractivity contribution is 0.0802. The van der Waals surface area contributed by atoms with Crippen LogP contribution in [0, 0.1) is 0 Å². The van der Waals surface area contributed by atoms with Crippen LogP contribution in [0.3, 0.4) is 0 Å². The van der Waals surface area contributed by atoms with Crippen molar-refractivity contribution in [3.63, 3.8) is 0 Å². The molecule has 1 aliphatic rings. The van der Waals surface area contributed by atoms with Gasteiger partial charge in [0, 0.05) is 38.1 Å². The van der Waals surface area contributed by atoms with E-state index in [0.29, 0.717) is 11.4 Å². The van der Waals surface area contributed by atoms with Crippen molar-refractivity contribution in [1.82, 2.24) is 10.2 Å². The number of rotatable bonds is 3. The SMILES string of the molecule is C1COCCN1.CCN(C)C(=O)c1ccc(CCl)cc1. The van der Waals surface area contributed by atoms with Gasteiger partial charge in [-0.05, 0) is 24.6 Å². The molecule has 2 rings (SSSR count). The highest BCUT2D eigenvalue weighted by Gasteiger charge is 2.08. The molecule has 1 aromatic carbocycles. The van der Waals surface area contributed by atoms with E-state index in [1.165, 1.54) is 0 Å². The summed E-state index contributed by atoms with van der Waals surface area (Å²) in [6, 6.07) is 7.38. The molecule has 20 heavy (non-hydrogen) atoms. The quantitative estimate of drug-likeness (QED) is 0.869. The maximum absolute atomic E-state index is 11.7. The molecule has 1 amide bonds. The average Bonchev–Trinajstić information content (AvgIpc) is 2.55. The summed E-state index contributed by atoms with van der Waals surface area (Å²) in [5.41, 5.74) is 1.74. The molecule has 5 heteroatoms. The molecule has 1 saturated heterocycles. The number of amides is 1. The van der Waals surface area contributed by atoms with Crippen LogP contribution in [-0.4, -0.2) is 50.7 Å². The third-order valence-electron chi connectivity index (χ3n) is 3.02. The first kappa shape index (κ1) is 17.0. The summed E-state index contributed by atoms with van der Waals surface area (Å²) in [6.45, 7) is 6.50. The maximum atomic E-state index is 11.7. The number of benzene rings is 1. The minimum atomic E-state index is 0.0497. The first-order chi connectivity index (χ1) is 9.69. The minimum Gasteiger partial charge on any atom is -0.379 e. The molecule has 1 fully saturated rings. The first-order valence-electron chi connectivity index (χ1n) is 6.87. The second-order valence-corrected chi connectivity index (χ2v) is 4.78. The molecule has 0 bridgehead atoms. The second kappa shape index (κ2) is 9.75. The van der Waals surface area contributed by atoms with Gasteiger partial charge in [-0.1, -0.05) is 12.1 Å². The van der Waals surface area contributed by atoms with Crippen LogP contribution in [0.4, 0.5) is 0 Å². The van der Waals surface area contributed by atoms with Gasteiger partial charge in [-0.2, -0.15) is 0 Å². The second-order valence-electron chi connectivity index (χ2n) is 4.51. The van der Waals surface area contributed by atoms with E-state index in [4.69, 9.17) is 16.3 Å². The third kappa shape index (κ3) is 5.90. The fourth-order valence-corrected chi connectivity index (χ4v) is 1.79. The van der Waals surface area contributed by atoms with Crippen LogP contribution >= 0.6 is 11.6 Å². The Balaban J connectivity index is 0.000000276. The number of hydrogen-bond donors (Lipinski definition) is 1. The van der Waals surface area contributed by atoms with Crippen LogP contribution in [0.2, 0.25) is 0 Å². The zero-order chi connectivity index (χ0) is 14.8. The Hall–Kier alpha value is -1.10. The molecule has 1 heterocycles. The van der Waals surface area contributed by atoms with Gasteiger partial charge in [-0.15, -0.1) is 11.6 Å². The molecular formula is C15H23ClN2O2. The fraction of sp³-hybridized carbons (Fsp3) is 0.533. The summed E-state index contributed by atoms with van der Waals surface area (Å²) in [5.74, 6) is 0.534. The molecule has 1 N–H and O–H groups in total. The Bertz CT molecular complexity index is 380. The molecule has 112 valence electrons. The molecule has 0 radical (unpaired) electrons. The van der Waals surface area contributed by atoms with Crippen molar-refractivity contribution in [2.75, 3.05) is 39.9 Å². The molecule has 0 saturated carbocycles. The van der Waals surface area contributed by atoms with Crippen LogP contribution in [0.15, 0.2) is 24.3 Å². The Kier molecular flexibility index (Phi) is 8.26. The summed E-state index contributed by atoms with van der Waals surface area (Å²) >= 11 is 5.65. The van der Waals surface area contributed by atoms with Crippen LogP contribution in [0.1, 0.15) is 22.8 Å². The molecule has 0 aromatic heterocycles. The topological polar surface area (TPSA) is 41.6 Å². The molecule has 0 unspecified atom stereocenters. The van der Waals surface area contributed by atoms with Gasteiger partial charge in [-0.25, -0.2) is 0 Å². The van der Waals surface area contributed by atoms with E-state index in [1.54, 1.807) is 11.9 Å². The van der Waals surface area contributed by atoms with E-state index < -0.39 is 0 Å². The van der Waals surface area contributed by atoms with Gasteiger partial charge in [-0.3, -0.25) is 4.79 Å². The van der Waals surface area contributed by atoms with Gasteiger partial charge in [0.2, 0.25) is 0 Å². The van der Waals surface area contributed by atoms with Crippen molar-refractivity contribution in [3.8, 4) is 0 Å². The number of nitrogens with one attached hydrogen (secondary N) is 1. The van der Waals surface area contributed by atoms with Crippen molar-refractivity contribution in [2.45, 2.75) is 12.8 Å². The Labute approximate surface area is 126 Å². The van der Waals surface area contributed by atoms with Gasteiger partial charge < -0.3 is 15.0 Å². The molecular weight excluding hydrogens is 276 g/mol. The normalized spacial score (nSPS) is 14.2. The van der Waals surface area contributed by atoms with E-state index in [0.717, 1.165) is 38.4 Å². The molecule has 1 aliphatic heterocycles. The van der Waals surface area contributed by atoms with Crippen LogP contribution in [-0.2, 0) is 10.6 Å². The summed E-state index contributed by atoms with van der Waals surface area (Å²) < 4.78 is 5.01. The number of carbonyl (C=O) groups is 1. The van der Waals surface area contributed by atoms with Crippen molar-refractivity contribution in [2.24, 2.45) is 0 Å². The van der Waals surface area contributed by atoms with E-state index in [1.807, 2.05) is 31.2 Å². The number of halogens is 1. The molecule has 0 spiro atoms. The summed E-state index contributed by atoms with van der Waals surface area (Å²) in [7, 11) is 1.79. The van der Waals surface area contributed by atoms with Crippen molar-refractivity contribution >= 4 is 17.5 Å². The van der Waals surface area contributed by atoms with Crippen LogP contribution in [0.5, 0.6) is 0 Å². The number of hydrogen-bond acceptors (Lipinski definition) is 3. The monoisotopic (exact) mass is 298 g/mol. The number of morpholine rings is 1. The van der Waals surface area contributed by atoms with Crippen molar-refractivity contribution in [3.05, 3.63) is 35.4 Å². The fourth-order valence-electron chi connectivity index (χ4n) is 1.62. The highest BCUT2D eigenvalue weighted by molar-refractivity contribution is 6.17. The van der Waals surface area contributed by atoms with Gasteiger partial charge >= 0.3 is 0 Å². The predicted molar refractivity (Wildman–Crippen MR) is 82.3 cm³/mol. The van der Waals surface area contributed by atoms with E-state index in [-0.39, 0.29) is 5.91 Å². The highest BCUT2D eigenvalue weighted by Crippen LogP contribution is 2.08. The number of alkyl halides is 1. The third-order valence-corrected chi connectivity index (χ3v) is 3.33. The molecule has 1 aromatic rings. The van der Waals surface area contributed by atoms with E-state index in [9.17, 15) is 4.79 Å². The van der Waals surface area contributed by atoms with Gasteiger partial charge in [0.1, 0.15) is 0 Å². The van der Waals surface area contributed by atoms with Crippen molar-refractivity contribution in [1.29, 1.82) is 0 Å². The zero-order valence-corrected chi connectivity index (χ0v) is 12.9. The summed E-state index contributed by atoms with van der Waals surface area (Å²) in [4.78, 5) is 13.3.